The van der Waals surface area contributed by atoms with Crippen LogP contribution in [0.25, 0.3) is 22.4 Å². The Bertz CT molecular complexity index is 1150. The van der Waals surface area contributed by atoms with E-state index in [9.17, 15) is 9.50 Å². The highest BCUT2D eigenvalue weighted by atomic mass is 19.1. The van der Waals surface area contributed by atoms with Gasteiger partial charge >= 0.3 is 0 Å². The molecule has 0 spiro atoms. The minimum atomic E-state index is -0.476. The first-order valence-electron chi connectivity index (χ1n) is 9.50. The van der Waals surface area contributed by atoms with E-state index in [0.29, 0.717) is 36.8 Å². The highest BCUT2D eigenvalue weighted by molar-refractivity contribution is 5.75. The Balaban J connectivity index is 1.42. The predicted octanol–water partition coefficient (Wildman–Crippen LogP) is 3.07. The first-order chi connectivity index (χ1) is 14.1. The molecule has 4 aromatic rings. The standard InChI is InChI=1S/C21H20FN5O2/c1-26-17-5-3-2-4-16(17)23-19(26)12-27-11-15(28)10-18(27)21-24-20(25-29-21)13-6-8-14(22)9-7-13/h2-9,15,18,28H,10-12H2,1H3/t15-,18+/m1/s1. The van der Waals surface area contributed by atoms with Crippen LogP contribution < -0.4 is 0 Å². The van der Waals surface area contributed by atoms with E-state index >= 15 is 0 Å². The van der Waals surface area contributed by atoms with E-state index in [-0.39, 0.29) is 11.9 Å². The van der Waals surface area contributed by atoms with E-state index < -0.39 is 6.10 Å². The maximum Gasteiger partial charge on any atom is 0.244 e. The second-order valence-electron chi connectivity index (χ2n) is 7.37. The minimum absolute atomic E-state index is 0.202. The van der Waals surface area contributed by atoms with Gasteiger partial charge in [-0.1, -0.05) is 17.3 Å². The molecule has 148 valence electrons. The van der Waals surface area contributed by atoms with Gasteiger partial charge in [0.05, 0.1) is 29.7 Å². The smallest absolute Gasteiger partial charge is 0.244 e. The largest absolute Gasteiger partial charge is 0.392 e. The van der Waals surface area contributed by atoms with Crippen molar-refractivity contribution < 1.29 is 14.0 Å². The molecule has 0 unspecified atom stereocenters. The van der Waals surface area contributed by atoms with Crippen molar-refractivity contribution in [3.05, 3.63) is 66.1 Å². The zero-order valence-electron chi connectivity index (χ0n) is 15.9. The Morgan fingerprint density at radius 2 is 1.93 bits per heavy atom. The molecule has 2 aromatic carbocycles. The van der Waals surface area contributed by atoms with E-state index in [1.165, 1.54) is 12.1 Å². The molecule has 3 heterocycles. The van der Waals surface area contributed by atoms with Crippen molar-refractivity contribution in [2.75, 3.05) is 6.54 Å². The average molecular weight is 393 g/mol. The summed E-state index contributed by atoms with van der Waals surface area (Å²) in [5.74, 6) is 1.44. The number of nitrogens with zero attached hydrogens (tertiary/aromatic N) is 5. The summed E-state index contributed by atoms with van der Waals surface area (Å²) in [4.78, 5) is 11.3. The number of hydrogen-bond donors (Lipinski definition) is 1. The lowest BCUT2D eigenvalue weighted by molar-refractivity contribution is 0.167. The molecule has 0 radical (unpaired) electrons. The second-order valence-corrected chi connectivity index (χ2v) is 7.37. The van der Waals surface area contributed by atoms with Gasteiger partial charge in [0.2, 0.25) is 11.7 Å². The fourth-order valence-corrected chi connectivity index (χ4v) is 3.92. The van der Waals surface area contributed by atoms with Crippen LogP contribution in [0.5, 0.6) is 0 Å². The van der Waals surface area contributed by atoms with Crippen molar-refractivity contribution in [1.29, 1.82) is 0 Å². The molecule has 2 atom stereocenters. The van der Waals surface area contributed by atoms with Crippen molar-refractivity contribution in [3.63, 3.8) is 0 Å². The molecule has 1 N–H and O–H groups in total. The molecule has 1 saturated heterocycles. The Hall–Kier alpha value is -3.10. The maximum absolute atomic E-state index is 13.2. The summed E-state index contributed by atoms with van der Waals surface area (Å²) in [6, 6.07) is 13.7. The number of fused-ring (bicyclic) bond motifs is 1. The molecule has 7 nitrogen and oxygen atoms in total. The van der Waals surface area contributed by atoms with Gasteiger partial charge in [0.15, 0.2) is 0 Å². The van der Waals surface area contributed by atoms with Gasteiger partial charge in [0.1, 0.15) is 11.6 Å². The van der Waals surface area contributed by atoms with Crippen LogP contribution >= 0.6 is 0 Å². The van der Waals surface area contributed by atoms with Crippen molar-refractivity contribution in [2.45, 2.75) is 25.1 Å². The van der Waals surface area contributed by atoms with Gasteiger partial charge in [-0.3, -0.25) is 4.90 Å². The Labute approximate surface area is 166 Å². The molecule has 1 aliphatic heterocycles. The third kappa shape index (κ3) is 3.30. The zero-order valence-corrected chi connectivity index (χ0v) is 15.9. The van der Waals surface area contributed by atoms with E-state index in [1.807, 2.05) is 31.3 Å². The van der Waals surface area contributed by atoms with Crippen molar-refractivity contribution in [2.24, 2.45) is 7.05 Å². The topological polar surface area (TPSA) is 80.2 Å². The number of aromatic nitrogens is 4. The first kappa shape index (κ1) is 18.0. The predicted molar refractivity (Wildman–Crippen MR) is 104 cm³/mol. The zero-order chi connectivity index (χ0) is 20.0. The fourth-order valence-electron chi connectivity index (χ4n) is 3.92. The highest BCUT2D eigenvalue weighted by Gasteiger charge is 2.36. The number of β-amino-alcohol motifs (C(OH)–C–C–N with tert-alkyl or cyclic N) is 1. The van der Waals surface area contributed by atoms with Crippen molar-refractivity contribution in [3.8, 4) is 11.4 Å². The van der Waals surface area contributed by atoms with E-state index in [4.69, 9.17) is 9.51 Å². The number of aryl methyl sites for hydroxylation is 1. The molecule has 1 aliphatic rings. The summed E-state index contributed by atoms with van der Waals surface area (Å²) < 4.78 is 20.7. The number of aliphatic hydroxyl groups excluding tert-OH is 1. The van der Waals surface area contributed by atoms with Crippen molar-refractivity contribution in [1.82, 2.24) is 24.6 Å². The molecule has 1 fully saturated rings. The molecule has 2 aromatic heterocycles. The molecular formula is C21H20FN5O2. The third-order valence-corrected chi connectivity index (χ3v) is 5.43. The van der Waals surface area contributed by atoms with Gasteiger partial charge in [0, 0.05) is 19.2 Å². The molecular weight excluding hydrogens is 373 g/mol. The van der Waals surface area contributed by atoms with Crippen LogP contribution in [0.2, 0.25) is 0 Å². The SMILES string of the molecule is Cn1c(CN2C[C@H](O)C[C@H]2c2nc(-c3ccc(F)cc3)no2)nc2ccccc21. The number of hydrogen-bond acceptors (Lipinski definition) is 6. The maximum atomic E-state index is 13.2. The molecule has 0 saturated carbocycles. The van der Waals surface area contributed by atoms with Crippen LogP contribution in [0.4, 0.5) is 4.39 Å². The van der Waals surface area contributed by atoms with Gasteiger partial charge in [-0.2, -0.15) is 4.98 Å². The fraction of sp³-hybridized carbons (Fsp3) is 0.286. The average Bonchev–Trinajstić information content (AvgIpc) is 3.41. The monoisotopic (exact) mass is 393 g/mol. The number of rotatable bonds is 4. The molecule has 29 heavy (non-hydrogen) atoms. The van der Waals surface area contributed by atoms with Gasteiger partial charge in [-0.05, 0) is 42.8 Å². The lowest BCUT2D eigenvalue weighted by atomic mass is 10.2. The Morgan fingerprint density at radius 1 is 1.14 bits per heavy atom. The van der Waals surface area contributed by atoms with Crippen LogP contribution in [0.15, 0.2) is 53.1 Å². The molecule has 5 rings (SSSR count). The van der Waals surface area contributed by atoms with Crippen LogP contribution in [0.1, 0.15) is 24.2 Å². The number of imidazole rings is 1. The van der Waals surface area contributed by atoms with E-state index in [1.54, 1.807) is 12.1 Å². The summed E-state index contributed by atoms with van der Waals surface area (Å²) in [7, 11) is 1.99. The lowest BCUT2D eigenvalue weighted by Gasteiger charge is -2.20. The van der Waals surface area contributed by atoms with Crippen LogP contribution in [0.3, 0.4) is 0 Å². The second kappa shape index (κ2) is 7.06. The first-order valence-corrected chi connectivity index (χ1v) is 9.50. The van der Waals surface area contributed by atoms with Crippen LogP contribution in [-0.4, -0.2) is 42.3 Å². The third-order valence-electron chi connectivity index (χ3n) is 5.43. The van der Waals surface area contributed by atoms with Gasteiger partial charge in [-0.25, -0.2) is 9.37 Å². The summed E-state index contributed by atoms with van der Waals surface area (Å²) in [5.41, 5.74) is 2.69. The molecule has 8 heteroatoms. The number of halogens is 1. The van der Waals surface area contributed by atoms with E-state index in [2.05, 4.69) is 19.6 Å². The molecule has 0 aliphatic carbocycles. The number of para-hydroxylation sites is 2. The van der Waals surface area contributed by atoms with Gasteiger partial charge in [0.25, 0.3) is 0 Å². The van der Waals surface area contributed by atoms with Gasteiger partial charge in [-0.15, -0.1) is 0 Å². The Morgan fingerprint density at radius 3 is 2.72 bits per heavy atom. The quantitative estimate of drug-likeness (QED) is 0.574. The summed E-state index contributed by atoms with van der Waals surface area (Å²) in [6.07, 6.45) is 0.0329. The summed E-state index contributed by atoms with van der Waals surface area (Å²) >= 11 is 0. The normalized spacial score (nSPS) is 20.0. The molecule has 0 bridgehead atoms. The minimum Gasteiger partial charge on any atom is -0.392 e. The summed E-state index contributed by atoms with van der Waals surface area (Å²) in [5, 5.41) is 14.3. The number of likely N-dealkylation sites (tertiary alicyclic amines) is 1. The highest BCUT2D eigenvalue weighted by Crippen LogP contribution is 2.33. The van der Waals surface area contributed by atoms with Crippen LogP contribution in [-0.2, 0) is 13.6 Å². The summed E-state index contributed by atoms with van der Waals surface area (Å²) in [6.45, 7) is 1.06. The molecule has 0 amide bonds. The van der Waals surface area contributed by atoms with E-state index in [0.717, 1.165) is 16.9 Å². The number of aliphatic hydroxyl groups is 1. The van der Waals surface area contributed by atoms with Crippen molar-refractivity contribution >= 4 is 11.0 Å². The Kier molecular flexibility index (Phi) is 4.37. The number of benzene rings is 2. The lowest BCUT2D eigenvalue weighted by Crippen LogP contribution is -2.26. The van der Waals surface area contributed by atoms with Gasteiger partial charge < -0.3 is 14.2 Å². The van der Waals surface area contributed by atoms with Crippen LogP contribution in [0, 0.1) is 5.82 Å².